The number of benzene rings is 1. The maximum atomic E-state index is 13.4. The third kappa shape index (κ3) is 5.40. The van der Waals surface area contributed by atoms with Crippen LogP contribution in [-0.4, -0.2) is 58.7 Å². The van der Waals surface area contributed by atoms with Crippen molar-refractivity contribution in [2.24, 2.45) is 5.92 Å². The van der Waals surface area contributed by atoms with Crippen molar-refractivity contribution in [1.29, 1.82) is 5.26 Å². The molecule has 188 valence electrons. The van der Waals surface area contributed by atoms with Gasteiger partial charge in [-0.15, -0.1) is 0 Å². The zero-order chi connectivity index (χ0) is 25.8. The molecular formula is C27H31N5O4. The lowest BCUT2D eigenvalue weighted by Crippen LogP contribution is -2.60. The molecule has 2 amide bonds. The lowest BCUT2D eigenvalue weighted by atomic mass is 9.87. The highest BCUT2D eigenvalue weighted by Gasteiger charge is 2.42. The van der Waals surface area contributed by atoms with E-state index in [1.165, 1.54) is 0 Å². The third-order valence-corrected chi connectivity index (χ3v) is 6.91. The molecule has 0 aliphatic carbocycles. The maximum absolute atomic E-state index is 13.4. The molecule has 1 saturated heterocycles. The summed E-state index contributed by atoms with van der Waals surface area (Å²) in [5, 5.41) is 21.8. The normalized spacial score (nSPS) is 21.8. The SMILES string of the molecule is Cc1ccnc(O[C@@H]2CN[C@H](C(=O)N3CC=C(c4cc(C)c(C#N)c(C)c4)CC3)[C@@H](C(=O)NO)C2)c1. The smallest absolute Gasteiger partial charge is 0.248 e. The number of nitriles is 1. The highest BCUT2D eigenvalue weighted by atomic mass is 16.5. The molecule has 2 aromatic rings. The first-order chi connectivity index (χ1) is 17.3. The fourth-order valence-corrected chi connectivity index (χ4v) is 4.99. The average molecular weight is 490 g/mol. The van der Waals surface area contributed by atoms with Crippen LogP contribution in [0.2, 0.25) is 0 Å². The number of hydroxylamine groups is 1. The summed E-state index contributed by atoms with van der Waals surface area (Å²) in [6.07, 6.45) is 4.25. The van der Waals surface area contributed by atoms with Crippen LogP contribution in [0.5, 0.6) is 5.88 Å². The number of nitrogens with zero attached hydrogens (tertiary/aromatic N) is 3. The van der Waals surface area contributed by atoms with E-state index in [1.807, 2.05) is 51.1 Å². The number of hydrogen-bond acceptors (Lipinski definition) is 7. The highest BCUT2D eigenvalue weighted by Crippen LogP contribution is 2.28. The molecular weight excluding hydrogens is 458 g/mol. The summed E-state index contributed by atoms with van der Waals surface area (Å²) in [7, 11) is 0. The predicted molar refractivity (Wildman–Crippen MR) is 133 cm³/mol. The molecule has 1 aromatic heterocycles. The molecule has 2 aliphatic rings. The standard InChI is InChI=1S/C27H31N5O4/c1-16-4-7-29-24(10-16)36-21-13-22(26(33)31-35)25(30-15-21)27(34)32-8-5-19(6-9-32)20-11-17(2)23(14-28)18(3)12-20/h4-5,7,10-12,21-22,25,30,35H,6,8-9,13,15H2,1-3H3,(H,31,33)/t21-,22-,25-/m0/s1. The molecule has 1 aromatic carbocycles. The Morgan fingerprint density at radius 2 is 2.00 bits per heavy atom. The zero-order valence-electron chi connectivity index (χ0n) is 20.7. The second kappa shape index (κ2) is 10.9. The van der Waals surface area contributed by atoms with Gasteiger partial charge in [0.05, 0.1) is 23.6 Å². The third-order valence-electron chi connectivity index (χ3n) is 6.91. The first-order valence-corrected chi connectivity index (χ1v) is 12.1. The monoisotopic (exact) mass is 489 g/mol. The molecule has 0 unspecified atom stereocenters. The molecule has 2 aliphatic heterocycles. The van der Waals surface area contributed by atoms with E-state index < -0.39 is 17.9 Å². The molecule has 3 N–H and O–H groups in total. The van der Waals surface area contributed by atoms with Gasteiger partial charge in [-0.3, -0.25) is 14.8 Å². The molecule has 36 heavy (non-hydrogen) atoms. The van der Waals surface area contributed by atoms with Crippen molar-refractivity contribution in [3.63, 3.8) is 0 Å². The number of nitrogens with one attached hydrogen (secondary N) is 2. The maximum Gasteiger partial charge on any atom is 0.248 e. The summed E-state index contributed by atoms with van der Waals surface area (Å²) in [6.45, 7) is 7.11. The Labute approximate surface area is 210 Å². The topological polar surface area (TPSA) is 128 Å². The van der Waals surface area contributed by atoms with Crippen LogP contribution in [0, 0.1) is 38.0 Å². The summed E-state index contributed by atoms with van der Waals surface area (Å²) in [6, 6.07) is 9.19. The van der Waals surface area contributed by atoms with E-state index in [-0.39, 0.29) is 18.4 Å². The van der Waals surface area contributed by atoms with Crippen LogP contribution in [0.3, 0.4) is 0 Å². The number of carbonyl (C=O) groups is 2. The Bertz CT molecular complexity index is 1210. The quantitative estimate of drug-likeness (QED) is 0.435. The Hall–Kier alpha value is -3.74. The van der Waals surface area contributed by atoms with Gasteiger partial charge >= 0.3 is 0 Å². The number of hydrogen-bond donors (Lipinski definition) is 3. The van der Waals surface area contributed by atoms with Gasteiger partial charge in [-0.25, -0.2) is 10.5 Å². The number of amides is 2. The van der Waals surface area contributed by atoms with Crippen molar-refractivity contribution in [3.05, 3.63) is 64.4 Å². The van der Waals surface area contributed by atoms with Crippen LogP contribution in [0.4, 0.5) is 0 Å². The van der Waals surface area contributed by atoms with E-state index in [2.05, 4.69) is 16.4 Å². The van der Waals surface area contributed by atoms with E-state index in [0.29, 0.717) is 37.5 Å². The summed E-state index contributed by atoms with van der Waals surface area (Å²) in [4.78, 5) is 31.8. The van der Waals surface area contributed by atoms with E-state index in [9.17, 15) is 20.1 Å². The van der Waals surface area contributed by atoms with Crippen LogP contribution in [0.25, 0.3) is 5.57 Å². The van der Waals surface area contributed by atoms with Crippen molar-refractivity contribution in [2.75, 3.05) is 19.6 Å². The molecule has 4 rings (SSSR count). The van der Waals surface area contributed by atoms with Gasteiger partial charge < -0.3 is 15.0 Å². The van der Waals surface area contributed by atoms with Crippen molar-refractivity contribution < 1.29 is 19.5 Å². The summed E-state index contributed by atoms with van der Waals surface area (Å²) in [5.41, 5.74) is 7.49. The molecule has 0 radical (unpaired) electrons. The lowest BCUT2D eigenvalue weighted by molar-refractivity contribution is -0.145. The highest BCUT2D eigenvalue weighted by molar-refractivity contribution is 5.90. The Morgan fingerprint density at radius 1 is 1.25 bits per heavy atom. The van der Waals surface area contributed by atoms with Crippen molar-refractivity contribution in [1.82, 2.24) is 20.7 Å². The number of ether oxygens (including phenoxy) is 1. The van der Waals surface area contributed by atoms with Gasteiger partial charge in [0.25, 0.3) is 0 Å². The molecule has 9 heteroatoms. The van der Waals surface area contributed by atoms with Crippen molar-refractivity contribution >= 4 is 17.4 Å². The minimum absolute atomic E-state index is 0.182. The van der Waals surface area contributed by atoms with Gasteiger partial charge in [-0.1, -0.05) is 18.2 Å². The molecule has 1 fully saturated rings. The molecule has 9 nitrogen and oxygen atoms in total. The second-order valence-electron chi connectivity index (χ2n) is 9.48. The first-order valence-electron chi connectivity index (χ1n) is 12.1. The number of piperidine rings is 1. The van der Waals surface area contributed by atoms with E-state index >= 15 is 0 Å². The number of pyridine rings is 1. The minimum atomic E-state index is -0.791. The summed E-state index contributed by atoms with van der Waals surface area (Å²) < 4.78 is 5.94. The zero-order valence-corrected chi connectivity index (χ0v) is 20.7. The minimum Gasteiger partial charge on any atom is -0.473 e. The van der Waals surface area contributed by atoms with E-state index in [1.54, 1.807) is 16.6 Å². The molecule has 0 bridgehead atoms. The number of aromatic nitrogens is 1. The Balaban J connectivity index is 1.44. The van der Waals surface area contributed by atoms with Gasteiger partial charge in [0.2, 0.25) is 17.7 Å². The molecule has 3 heterocycles. The van der Waals surface area contributed by atoms with Crippen molar-refractivity contribution in [3.8, 4) is 11.9 Å². The lowest BCUT2D eigenvalue weighted by Gasteiger charge is -2.38. The second-order valence-corrected chi connectivity index (χ2v) is 9.48. The Kier molecular flexibility index (Phi) is 7.67. The summed E-state index contributed by atoms with van der Waals surface area (Å²) >= 11 is 0. The molecule has 0 saturated carbocycles. The van der Waals surface area contributed by atoms with E-state index in [4.69, 9.17) is 4.74 Å². The van der Waals surface area contributed by atoms with Crippen LogP contribution in [-0.2, 0) is 9.59 Å². The largest absolute Gasteiger partial charge is 0.473 e. The van der Waals surface area contributed by atoms with Gasteiger partial charge in [0.15, 0.2) is 0 Å². The number of rotatable bonds is 5. The van der Waals surface area contributed by atoms with Gasteiger partial charge in [0.1, 0.15) is 6.10 Å². The Morgan fingerprint density at radius 3 is 2.61 bits per heavy atom. The van der Waals surface area contributed by atoms with Crippen LogP contribution < -0.4 is 15.5 Å². The van der Waals surface area contributed by atoms with Gasteiger partial charge in [0, 0.05) is 31.9 Å². The van der Waals surface area contributed by atoms with Crippen LogP contribution in [0.1, 0.15) is 40.7 Å². The first kappa shape index (κ1) is 25.4. The van der Waals surface area contributed by atoms with Crippen LogP contribution >= 0.6 is 0 Å². The predicted octanol–water partition coefficient (Wildman–Crippen LogP) is 2.43. The van der Waals surface area contributed by atoms with Gasteiger partial charge in [-0.2, -0.15) is 5.26 Å². The van der Waals surface area contributed by atoms with E-state index in [0.717, 1.165) is 27.8 Å². The van der Waals surface area contributed by atoms with Crippen molar-refractivity contribution in [2.45, 2.75) is 45.8 Å². The van der Waals surface area contributed by atoms with Crippen LogP contribution in [0.15, 0.2) is 36.5 Å². The fraction of sp³-hybridized carbons (Fsp3) is 0.407. The number of carbonyl (C=O) groups excluding carboxylic acids is 2. The fourth-order valence-electron chi connectivity index (χ4n) is 4.99. The molecule has 0 spiro atoms. The average Bonchev–Trinajstić information content (AvgIpc) is 2.87. The molecule has 3 atom stereocenters. The summed E-state index contributed by atoms with van der Waals surface area (Å²) in [5.74, 6) is -1.14. The number of aryl methyl sites for hydroxylation is 3. The van der Waals surface area contributed by atoms with Gasteiger partial charge in [-0.05, 0) is 67.5 Å².